The zero-order chi connectivity index (χ0) is 12.1. The molecule has 1 N–H and O–H groups in total. The number of rotatable bonds is 4. The van der Waals surface area contributed by atoms with Crippen molar-refractivity contribution in [1.29, 1.82) is 0 Å². The number of likely N-dealkylation sites (tertiary alicyclic amines) is 1. The monoisotopic (exact) mass is 254 g/mol. The number of carbonyl (C=O) groups is 1. The second kappa shape index (κ2) is 6.35. The standard InChI is InChI=1S/C11H19BN2O2S/c1-16-12-13-10-6-5-9(17-10)11(15)14-7-3-2-4-8-14/h6,9,12-13H,2-5,7-8H2,1H3. The van der Waals surface area contributed by atoms with E-state index in [4.69, 9.17) is 4.65 Å². The third-order valence-electron chi connectivity index (χ3n) is 3.12. The lowest BCUT2D eigenvalue weighted by atomic mass is 10.1. The molecule has 6 heteroatoms. The topological polar surface area (TPSA) is 41.6 Å². The van der Waals surface area contributed by atoms with Crippen LogP contribution in [0.2, 0.25) is 0 Å². The summed E-state index contributed by atoms with van der Waals surface area (Å²) in [7, 11) is 2.16. The molecule has 1 unspecified atom stereocenters. The molecule has 17 heavy (non-hydrogen) atoms. The van der Waals surface area contributed by atoms with Crippen LogP contribution in [0.5, 0.6) is 0 Å². The highest BCUT2D eigenvalue weighted by Gasteiger charge is 2.29. The molecule has 0 aliphatic carbocycles. The average molecular weight is 254 g/mol. The van der Waals surface area contributed by atoms with Gasteiger partial charge in [-0.05, 0) is 25.7 Å². The molecular formula is C11H19BN2O2S. The average Bonchev–Trinajstić information content (AvgIpc) is 2.85. The minimum absolute atomic E-state index is 0.0763. The molecule has 2 rings (SSSR count). The molecule has 1 atom stereocenters. The van der Waals surface area contributed by atoms with Crippen LogP contribution in [0.1, 0.15) is 25.7 Å². The number of carbonyl (C=O) groups excluding carboxylic acids is 1. The molecule has 2 heterocycles. The van der Waals surface area contributed by atoms with Crippen molar-refractivity contribution in [3.8, 4) is 0 Å². The first kappa shape index (κ1) is 12.8. The predicted octanol–water partition coefficient (Wildman–Crippen LogP) is 0.848. The molecule has 0 saturated carbocycles. The van der Waals surface area contributed by atoms with Crippen LogP contribution in [0.4, 0.5) is 0 Å². The van der Waals surface area contributed by atoms with E-state index in [1.54, 1.807) is 18.9 Å². The summed E-state index contributed by atoms with van der Waals surface area (Å²) < 4.78 is 4.96. The Morgan fingerprint density at radius 3 is 3.00 bits per heavy atom. The van der Waals surface area contributed by atoms with Crippen LogP contribution in [0, 0.1) is 0 Å². The van der Waals surface area contributed by atoms with Gasteiger partial charge in [0.2, 0.25) is 5.91 Å². The maximum absolute atomic E-state index is 12.2. The highest BCUT2D eigenvalue weighted by atomic mass is 32.2. The Balaban J connectivity index is 1.78. The van der Waals surface area contributed by atoms with E-state index in [-0.39, 0.29) is 5.25 Å². The fourth-order valence-electron chi connectivity index (χ4n) is 2.19. The number of nitrogens with zero attached hydrogens (tertiary/aromatic N) is 1. The molecule has 0 radical (unpaired) electrons. The minimum Gasteiger partial charge on any atom is -0.422 e. The van der Waals surface area contributed by atoms with E-state index in [0.29, 0.717) is 13.5 Å². The number of piperidine rings is 1. The Morgan fingerprint density at radius 1 is 1.53 bits per heavy atom. The van der Waals surface area contributed by atoms with Crippen LogP contribution in [0.25, 0.3) is 0 Å². The zero-order valence-corrected chi connectivity index (χ0v) is 11.1. The van der Waals surface area contributed by atoms with Crippen LogP contribution in [-0.2, 0) is 9.45 Å². The fraction of sp³-hybridized carbons (Fsp3) is 0.727. The quantitative estimate of drug-likeness (QED) is 0.755. The highest BCUT2D eigenvalue weighted by Crippen LogP contribution is 2.32. The van der Waals surface area contributed by atoms with Gasteiger partial charge in [-0.25, -0.2) is 0 Å². The van der Waals surface area contributed by atoms with Crippen molar-refractivity contribution < 1.29 is 9.45 Å². The number of hydrogen-bond donors (Lipinski definition) is 1. The summed E-state index contributed by atoms with van der Waals surface area (Å²) >= 11 is 1.63. The number of nitrogens with one attached hydrogen (secondary N) is 1. The van der Waals surface area contributed by atoms with Gasteiger partial charge in [0.1, 0.15) is 0 Å². The first-order chi connectivity index (χ1) is 8.31. The Bertz CT molecular complexity index is 306. The lowest BCUT2D eigenvalue weighted by molar-refractivity contribution is -0.131. The van der Waals surface area contributed by atoms with Crippen LogP contribution in [0.3, 0.4) is 0 Å². The zero-order valence-electron chi connectivity index (χ0n) is 10.3. The largest absolute Gasteiger partial charge is 0.422 e. The molecule has 0 aromatic rings. The third-order valence-corrected chi connectivity index (χ3v) is 4.36. The SMILES string of the molecule is COBNC1=CCC(C(=O)N2CCCCC2)S1. The molecule has 1 fully saturated rings. The smallest absolute Gasteiger partial charge is 0.394 e. The molecule has 0 spiro atoms. The second-order valence-electron chi connectivity index (χ2n) is 4.41. The van der Waals surface area contributed by atoms with Gasteiger partial charge >= 0.3 is 7.62 Å². The van der Waals surface area contributed by atoms with Gasteiger partial charge < -0.3 is 14.8 Å². The number of amides is 1. The Labute approximate surface area is 107 Å². The van der Waals surface area contributed by atoms with Crippen LogP contribution >= 0.6 is 11.8 Å². The second-order valence-corrected chi connectivity index (χ2v) is 5.65. The fourth-order valence-corrected chi connectivity index (χ4v) is 3.27. The van der Waals surface area contributed by atoms with E-state index >= 15 is 0 Å². The van der Waals surface area contributed by atoms with Crippen molar-refractivity contribution in [2.75, 3.05) is 20.2 Å². The van der Waals surface area contributed by atoms with Crippen molar-refractivity contribution in [3.63, 3.8) is 0 Å². The minimum atomic E-state index is 0.0763. The lowest BCUT2D eigenvalue weighted by Gasteiger charge is -2.28. The first-order valence-corrected chi connectivity index (χ1v) is 7.07. The third kappa shape index (κ3) is 3.42. The maximum Gasteiger partial charge on any atom is 0.394 e. The Kier molecular flexibility index (Phi) is 4.80. The Morgan fingerprint density at radius 2 is 2.29 bits per heavy atom. The number of hydrogen-bond acceptors (Lipinski definition) is 4. The van der Waals surface area contributed by atoms with Gasteiger partial charge in [0.15, 0.2) is 0 Å². The van der Waals surface area contributed by atoms with Crippen molar-refractivity contribution in [2.24, 2.45) is 0 Å². The van der Waals surface area contributed by atoms with E-state index in [1.165, 1.54) is 6.42 Å². The van der Waals surface area contributed by atoms with Crippen LogP contribution in [0.15, 0.2) is 11.1 Å². The molecule has 94 valence electrons. The molecule has 2 aliphatic heterocycles. The number of thioether (sulfide) groups is 1. The van der Waals surface area contributed by atoms with Gasteiger partial charge in [-0.2, -0.15) is 0 Å². The summed E-state index contributed by atoms with van der Waals surface area (Å²) in [5.74, 6) is 0.306. The summed E-state index contributed by atoms with van der Waals surface area (Å²) in [4.78, 5) is 14.3. The molecule has 0 bridgehead atoms. The molecule has 2 aliphatic rings. The molecular weight excluding hydrogens is 235 g/mol. The van der Waals surface area contributed by atoms with Crippen molar-refractivity contribution in [1.82, 2.24) is 10.1 Å². The van der Waals surface area contributed by atoms with Crippen LogP contribution in [-0.4, -0.2) is 43.9 Å². The lowest BCUT2D eigenvalue weighted by Crippen LogP contribution is -2.40. The summed E-state index contributed by atoms with van der Waals surface area (Å²) in [6, 6.07) is 0. The maximum atomic E-state index is 12.2. The van der Waals surface area contributed by atoms with Gasteiger partial charge in [0.25, 0.3) is 0 Å². The van der Waals surface area contributed by atoms with Crippen molar-refractivity contribution in [2.45, 2.75) is 30.9 Å². The van der Waals surface area contributed by atoms with Gasteiger partial charge in [-0.15, -0.1) is 0 Å². The van der Waals surface area contributed by atoms with Gasteiger partial charge in [0, 0.05) is 20.2 Å². The summed E-state index contributed by atoms with van der Waals surface area (Å²) in [5.41, 5.74) is 0. The summed E-state index contributed by atoms with van der Waals surface area (Å²) in [5, 5.41) is 4.30. The first-order valence-electron chi connectivity index (χ1n) is 6.19. The van der Waals surface area contributed by atoms with E-state index in [2.05, 4.69) is 11.3 Å². The van der Waals surface area contributed by atoms with E-state index in [1.807, 2.05) is 4.90 Å². The van der Waals surface area contributed by atoms with Gasteiger partial charge in [-0.1, -0.05) is 17.8 Å². The molecule has 1 saturated heterocycles. The van der Waals surface area contributed by atoms with Gasteiger partial charge in [-0.3, -0.25) is 4.79 Å². The van der Waals surface area contributed by atoms with E-state index < -0.39 is 0 Å². The molecule has 0 aromatic carbocycles. The van der Waals surface area contributed by atoms with Crippen molar-refractivity contribution in [3.05, 3.63) is 11.1 Å². The van der Waals surface area contributed by atoms with E-state index in [0.717, 1.165) is 37.4 Å². The van der Waals surface area contributed by atoms with E-state index in [9.17, 15) is 4.79 Å². The summed E-state index contributed by atoms with van der Waals surface area (Å²) in [6.07, 6.45) is 6.51. The Hall–Kier alpha value is -0.615. The molecule has 4 nitrogen and oxygen atoms in total. The summed E-state index contributed by atoms with van der Waals surface area (Å²) in [6.45, 7) is 1.88. The highest BCUT2D eigenvalue weighted by molar-refractivity contribution is 8.04. The normalized spacial score (nSPS) is 24.4. The molecule has 1 amide bonds. The van der Waals surface area contributed by atoms with Gasteiger partial charge in [0.05, 0.1) is 10.3 Å². The predicted molar refractivity (Wildman–Crippen MR) is 71.8 cm³/mol. The van der Waals surface area contributed by atoms with Crippen LogP contribution < -0.4 is 5.23 Å². The van der Waals surface area contributed by atoms with Crippen molar-refractivity contribution >= 4 is 25.3 Å². The molecule has 0 aromatic heterocycles. The number of allylic oxidation sites excluding steroid dienone is 1.